The molecule has 0 saturated heterocycles. The van der Waals surface area contributed by atoms with Gasteiger partial charge in [0.25, 0.3) is 0 Å². The number of rotatable bonds is 3. The van der Waals surface area contributed by atoms with Crippen molar-refractivity contribution in [3.8, 4) is 0 Å². The van der Waals surface area contributed by atoms with E-state index in [0.717, 1.165) is 11.3 Å². The zero-order chi connectivity index (χ0) is 9.68. The molecule has 1 heteroatoms. The predicted molar refractivity (Wildman–Crippen MR) is 61.4 cm³/mol. The molecule has 0 bridgehead atoms. The molecule has 0 saturated carbocycles. The summed E-state index contributed by atoms with van der Waals surface area (Å²) in [6, 6.07) is 8.19. The van der Waals surface area contributed by atoms with Crippen LogP contribution in [0.3, 0.4) is 0 Å². The highest BCUT2D eigenvalue weighted by Gasteiger charge is 1.99. The lowest BCUT2D eigenvalue weighted by Gasteiger charge is -2.08. The van der Waals surface area contributed by atoms with E-state index in [9.17, 15) is 0 Å². The van der Waals surface area contributed by atoms with Crippen molar-refractivity contribution in [1.82, 2.24) is 5.32 Å². The quantitative estimate of drug-likeness (QED) is 0.744. The number of allylic oxidation sites excluding steroid dienone is 1. The van der Waals surface area contributed by atoms with E-state index in [1.165, 1.54) is 5.56 Å². The molecule has 0 aliphatic carbocycles. The highest BCUT2D eigenvalue weighted by atomic mass is 14.8. The molecule has 13 heavy (non-hydrogen) atoms. The van der Waals surface area contributed by atoms with Gasteiger partial charge in [-0.05, 0) is 12.5 Å². The molecule has 0 atom stereocenters. The summed E-state index contributed by atoms with van der Waals surface area (Å²) in [5, 5.41) is 3.05. The predicted octanol–water partition coefficient (Wildman–Crippen LogP) is 3.16. The largest absolute Gasteiger partial charge is 0.388 e. The summed E-state index contributed by atoms with van der Waals surface area (Å²) in [6.07, 6.45) is 4.11. The molecule has 0 radical (unpaired) electrons. The Morgan fingerprint density at radius 2 is 2.15 bits per heavy atom. The van der Waals surface area contributed by atoms with Gasteiger partial charge in [-0.1, -0.05) is 43.0 Å². The minimum absolute atomic E-state index is 0. The van der Waals surface area contributed by atoms with Crippen molar-refractivity contribution >= 4 is 11.8 Å². The SMILES string of the molecule is C=C(NC)c1ccccc1/C=C\C.[HH]. The highest BCUT2D eigenvalue weighted by Crippen LogP contribution is 2.16. The van der Waals surface area contributed by atoms with E-state index in [2.05, 4.69) is 30.1 Å². The van der Waals surface area contributed by atoms with Gasteiger partial charge in [-0.2, -0.15) is 0 Å². The van der Waals surface area contributed by atoms with E-state index in [1.54, 1.807) is 0 Å². The standard InChI is InChI=1S/C12H15N.H2/c1-4-7-11-8-5-6-9-12(11)10(2)13-3;/h4-9,13H,2H2,1,3H3;1H/b7-4-;. The monoisotopic (exact) mass is 175 g/mol. The van der Waals surface area contributed by atoms with Crippen LogP contribution >= 0.6 is 0 Å². The molecule has 0 aromatic heterocycles. The summed E-state index contributed by atoms with van der Waals surface area (Å²) >= 11 is 0. The molecule has 1 N–H and O–H groups in total. The van der Waals surface area contributed by atoms with Crippen LogP contribution in [0.5, 0.6) is 0 Å². The highest BCUT2D eigenvalue weighted by molar-refractivity contribution is 5.71. The molecule has 0 fully saturated rings. The average Bonchev–Trinajstić information content (AvgIpc) is 2.18. The van der Waals surface area contributed by atoms with Crippen LogP contribution in [0.1, 0.15) is 19.5 Å². The van der Waals surface area contributed by atoms with E-state index >= 15 is 0 Å². The topological polar surface area (TPSA) is 12.0 Å². The molecular weight excluding hydrogens is 158 g/mol. The third-order valence-electron chi connectivity index (χ3n) is 1.93. The summed E-state index contributed by atoms with van der Waals surface area (Å²) in [7, 11) is 1.88. The number of nitrogens with one attached hydrogen (secondary N) is 1. The second kappa shape index (κ2) is 4.51. The van der Waals surface area contributed by atoms with Gasteiger partial charge >= 0.3 is 0 Å². The number of benzene rings is 1. The summed E-state index contributed by atoms with van der Waals surface area (Å²) in [5.74, 6) is 0. The molecule has 0 spiro atoms. The van der Waals surface area contributed by atoms with Crippen LogP contribution in [0, 0.1) is 0 Å². The van der Waals surface area contributed by atoms with Gasteiger partial charge in [-0.25, -0.2) is 0 Å². The first-order chi connectivity index (χ1) is 6.29. The summed E-state index contributed by atoms with van der Waals surface area (Å²) in [4.78, 5) is 0. The summed E-state index contributed by atoms with van der Waals surface area (Å²) < 4.78 is 0. The molecule has 1 rings (SSSR count). The third-order valence-corrected chi connectivity index (χ3v) is 1.93. The Labute approximate surface area is 81.3 Å². The Morgan fingerprint density at radius 3 is 2.77 bits per heavy atom. The molecule has 70 valence electrons. The minimum Gasteiger partial charge on any atom is -0.388 e. The van der Waals surface area contributed by atoms with Crippen LogP contribution in [0.15, 0.2) is 36.9 Å². The maximum Gasteiger partial charge on any atom is 0.0344 e. The molecule has 0 heterocycles. The first-order valence-electron chi connectivity index (χ1n) is 4.38. The zero-order valence-corrected chi connectivity index (χ0v) is 8.17. The fourth-order valence-corrected chi connectivity index (χ4v) is 1.23. The van der Waals surface area contributed by atoms with Gasteiger partial charge in [0.1, 0.15) is 0 Å². The van der Waals surface area contributed by atoms with Crippen molar-refractivity contribution < 1.29 is 1.43 Å². The van der Waals surface area contributed by atoms with Crippen molar-refractivity contribution in [2.75, 3.05) is 7.05 Å². The normalized spacial score (nSPS) is 10.3. The van der Waals surface area contributed by atoms with E-state index in [-0.39, 0.29) is 1.43 Å². The van der Waals surface area contributed by atoms with Gasteiger partial charge in [0.15, 0.2) is 0 Å². The van der Waals surface area contributed by atoms with E-state index < -0.39 is 0 Å². The lowest BCUT2D eigenvalue weighted by atomic mass is 10.1. The Balaban J connectivity index is 0.00000169. The van der Waals surface area contributed by atoms with Crippen molar-refractivity contribution in [1.29, 1.82) is 0 Å². The Hall–Kier alpha value is -1.50. The molecule has 1 nitrogen and oxygen atoms in total. The van der Waals surface area contributed by atoms with Gasteiger partial charge in [0, 0.05) is 19.7 Å². The Bertz CT molecular complexity index is 329. The molecule has 0 amide bonds. The number of hydrogen-bond acceptors (Lipinski definition) is 1. The molecular formula is C12H17N. The van der Waals surface area contributed by atoms with Gasteiger partial charge < -0.3 is 5.32 Å². The number of hydrogen-bond donors (Lipinski definition) is 1. The van der Waals surface area contributed by atoms with Crippen LogP contribution in [-0.4, -0.2) is 7.05 Å². The van der Waals surface area contributed by atoms with Crippen LogP contribution in [-0.2, 0) is 0 Å². The van der Waals surface area contributed by atoms with Crippen molar-refractivity contribution in [3.05, 3.63) is 48.0 Å². The van der Waals surface area contributed by atoms with Gasteiger partial charge in [-0.15, -0.1) is 0 Å². The maximum absolute atomic E-state index is 3.94. The fourth-order valence-electron chi connectivity index (χ4n) is 1.23. The average molecular weight is 175 g/mol. The molecule has 0 aliphatic heterocycles. The molecule has 1 aromatic carbocycles. The summed E-state index contributed by atoms with van der Waals surface area (Å²) in [6.45, 7) is 5.95. The third kappa shape index (κ3) is 2.22. The smallest absolute Gasteiger partial charge is 0.0344 e. The zero-order valence-electron chi connectivity index (χ0n) is 8.17. The van der Waals surface area contributed by atoms with Crippen molar-refractivity contribution in [2.45, 2.75) is 6.92 Å². The maximum atomic E-state index is 3.94. The van der Waals surface area contributed by atoms with Gasteiger partial charge in [-0.3, -0.25) is 0 Å². The second-order valence-electron chi connectivity index (χ2n) is 2.82. The van der Waals surface area contributed by atoms with Gasteiger partial charge in [0.2, 0.25) is 0 Å². The fraction of sp³-hybridized carbons (Fsp3) is 0.167. The van der Waals surface area contributed by atoms with Crippen LogP contribution in [0.4, 0.5) is 0 Å². The molecule has 0 aliphatic rings. The first kappa shape index (κ1) is 9.59. The first-order valence-corrected chi connectivity index (χ1v) is 4.38. The lowest BCUT2D eigenvalue weighted by molar-refractivity contribution is 1.13. The second-order valence-corrected chi connectivity index (χ2v) is 2.82. The molecule has 1 aromatic rings. The van der Waals surface area contributed by atoms with Crippen LogP contribution in [0.2, 0.25) is 0 Å². The van der Waals surface area contributed by atoms with Crippen molar-refractivity contribution in [2.24, 2.45) is 0 Å². The van der Waals surface area contributed by atoms with E-state index in [1.807, 2.05) is 32.2 Å². The van der Waals surface area contributed by atoms with Crippen LogP contribution < -0.4 is 5.32 Å². The van der Waals surface area contributed by atoms with E-state index in [4.69, 9.17) is 0 Å². The Morgan fingerprint density at radius 1 is 1.46 bits per heavy atom. The lowest BCUT2D eigenvalue weighted by Crippen LogP contribution is -2.03. The molecule has 0 unspecified atom stereocenters. The Kier molecular flexibility index (Phi) is 3.32. The minimum atomic E-state index is 0. The van der Waals surface area contributed by atoms with Gasteiger partial charge in [0.05, 0.1) is 0 Å². The van der Waals surface area contributed by atoms with Crippen LogP contribution in [0.25, 0.3) is 11.8 Å². The summed E-state index contributed by atoms with van der Waals surface area (Å²) in [5.41, 5.74) is 3.31. The van der Waals surface area contributed by atoms with Crippen molar-refractivity contribution in [3.63, 3.8) is 0 Å². The van der Waals surface area contributed by atoms with E-state index in [0.29, 0.717) is 0 Å².